The van der Waals surface area contributed by atoms with Crippen molar-refractivity contribution in [3.05, 3.63) is 53.6 Å². The minimum atomic E-state index is -0.00800. The summed E-state index contributed by atoms with van der Waals surface area (Å²) in [5.41, 5.74) is 2.80. The minimum absolute atomic E-state index is 0.00800. The summed E-state index contributed by atoms with van der Waals surface area (Å²) in [6.07, 6.45) is 6.11. The lowest BCUT2D eigenvalue weighted by atomic mass is 10.2. The monoisotopic (exact) mass is 255 g/mol. The van der Waals surface area contributed by atoms with Gasteiger partial charge in [0, 0.05) is 30.7 Å². The van der Waals surface area contributed by atoms with Crippen LogP contribution < -0.4 is 5.32 Å². The average Bonchev–Trinajstić information content (AvgIpc) is 3.13. The fraction of sp³-hybridized carbons (Fsp3) is 0.333. The molecule has 1 aliphatic carbocycles. The molecule has 0 aromatic carbocycles. The summed E-state index contributed by atoms with van der Waals surface area (Å²) < 4.78 is 2.08. The lowest BCUT2D eigenvalue weighted by molar-refractivity contribution is 0.0941. The second-order valence-electron chi connectivity index (χ2n) is 5.02. The van der Waals surface area contributed by atoms with Crippen LogP contribution in [0.5, 0.6) is 0 Å². The van der Waals surface area contributed by atoms with Crippen molar-refractivity contribution >= 4 is 5.91 Å². The lowest BCUT2D eigenvalue weighted by Gasteiger charge is -2.09. The zero-order valence-corrected chi connectivity index (χ0v) is 11.0. The van der Waals surface area contributed by atoms with E-state index in [-0.39, 0.29) is 5.91 Å². The molecule has 0 bridgehead atoms. The number of aromatic nitrogens is 2. The molecule has 0 radical (unpaired) electrons. The van der Waals surface area contributed by atoms with Gasteiger partial charge >= 0.3 is 0 Å². The Kier molecular flexibility index (Phi) is 3.07. The predicted molar refractivity (Wildman–Crippen MR) is 72.8 cm³/mol. The van der Waals surface area contributed by atoms with Gasteiger partial charge in [0.15, 0.2) is 0 Å². The maximum absolute atomic E-state index is 12.2. The molecule has 0 unspecified atom stereocenters. The Bertz CT molecular complexity index is 599. The van der Waals surface area contributed by atoms with Crippen LogP contribution in [0.1, 0.15) is 40.6 Å². The second-order valence-corrected chi connectivity index (χ2v) is 5.02. The van der Waals surface area contributed by atoms with Crippen molar-refractivity contribution in [2.45, 2.75) is 32.4 Å². The Morgan fingerprint density at radius 3 is 3.05 bits per heavy atom. The number of rotatable bonds is 4. The molecule has 2 heterocycles. The van der Waals surface area contributed by atoms with E-state index in [1.165, 1.54) is 12.8 Å². The number of aryl methyl sites for hydroxylation is 1. The highest BCUT2D eigenvalue weighted by Gasteiger charge is 2.26. The van der Waals surface area contributed by atoms with Gasteiger partial charge in [-0.2, -0.15) is 0 Å². The molecule has 19 heavy (non-hydrogen) atoms. The van der Waals surface area contributed by atoms with Crippen LogP contribution in [0.25, 0.3) is 0 Å². The molecular formula is C15H17N3O. The van der Waals surface area contributed by atoms with Crippen LogP contribution in [0.4, 0.5) is 0 Å². The highest BCUT2D eigenvalue weighted by Crippen LogP contribution is 2.35. The lowest BCUT2D eigenvalue weighted by Crippen LogP contribution is -2.25. The summed E-state index contributed by atoms with van der Waals surface area (Å²) in [5.74, 6) is -0.00800. The average molecular weight is 255 g/mol. The van der Waals surface area contributed by atoms with Crippen LogP contribution in [-0.4, -0.2) is 15.5 Å². The van der Waals surface area contributed by atoms with Crippen LogP contribution in [0.15, 0.2) is 36.7 Å². The van der Waals surface area contributed by atoms with Crippen molar-refractivity contribution in [3.63, 3.8) is 0 Å². The summed E-state index contributed by atoms with van der Waals surface area (Å²) in [6.45, 7) is 2.49. The van der Waals surface area contributed by atoms with E-state index in [1.807, 2.05) is 37.4 Å². The summed E-state index contributed by atoms with van der Waals surface area (Å²) in [6, 6.07) is 8.25. The van der Waals surface area contributed by atoms with Gasteiger partial charge in [-0.1, -0.05) is 0 Å². The standard InChI is InChI=1S/C15H17N3O/c1-11-9-12(6-7-16-11)10-17-15(19)14-3-2-8-18(14)13-4-5-13/h2-3,6-9,13H,4-5,10H2,1H3,(H,17,19). The summed E-state index contributed by atoms with van der Waals surface area (Å²) >= 11 is 0. The molecule has 4 heteroatoms. The number of nitrogens with zero attached hydrogens (tertiary/aromatic N) is 2. The van der Waals surface area contributed by atoms with E-state index in [9.17, 15) is 4.79 Å². The van der Waals surface area contributed by atoms with E-state index in [0.717, 1.165) is 17.0 Å². The van der Waals surface area contributed by atoms with Crippen molar-refractivity contribution in [1.29, 1.82) is 0 Å². The van der Waals surface area contributed by atoms with E-state index in [1.54, 1.807) is 6.20 Å². The normalized spacial score (nSPS) is 14.4. The number of hydrogen-bond acceptors (Lipinski definition) is 2. The molecule has 1 aliphatic rings. The Morgan fingerprint density at radius 1 is 1.47 bits per heavy atom. The molecule has 0 aliphatic heterocycles. The van der Waals surface area contributed by atoms with Crippen LogP contribution in [0.2, 0.25) is 0 Å². The van der Waals surface area contributed by atoms with E-state index in [0.29, 0.717) is 12.6 Å². The van der Waals surface area contributed by atoms with Gasteiger partial charge < -0.3 is 9.88 Å². The van der Waals surface area contributed by atoms with Gasteiger partial charge in [-0.25, -0.2) is 0 Å². The molecule has 3 rings (SSSR count). The molecule has 98 valence electrons. The van der Waals surface area contributed by atoms with Gasteiger partial charge in [-0.3, -0.25) is 9.78 Å². The van der Waals surface area contributed by atoms with Gasteiger partial charge in [0.25, 0.3) is 5.91 Å². The molecule has 1 saturated carbocycles. The number of pyridine rings is 1. The van der Waals surface area contributed by atoms with Gasteiger partial charge in [0.2, 0.25) is 0 Å². The Hall–Kier alpha value is -2.10. The second kappa shape index (κ2) is 4.88. The van der Waals surface area contributed by atoms with E-state index in [2.05, 4.69) is 14.9 Å². The van der Waals surface area contributed by atoms with E-state index < -0.39 is 0 Å². The number of carbonyl (C=O) groups excluding carboxylic acids is 1. The third-order valence-corrected chi connectivity index (χ3v) is 3.37. The van der Waals surface area contributed by atoms with Gasteiger partial charge in [0.1, 0.15) is 5.69 Å². The zero-order valence-electron chi connectivity index (χ0n) is 11.0. The number of carbonyl (C=O) groups is 1. The first-order chi connectivity index (χ1) is 9.24. The van der Waals surface area contributed by atoms with Crippen molar-refractivity contribution < 1.29 is 4.79 Å². The first-order valence-electron chi connectivity index (χ1n) is 6.60. The number of amides is 1. The van der Waals surface area contributed by atoms with Gasteiger partial charge in [-0.15, -0.1) is 0 Å². The molecule has 1 N–H and O–H groups in total. The van der Waals surface area contributed by atoms with Crippen molar-refractivity contribution in [2.75, 3.05) is 0 Å². The van der Waals surface area contributed by atoms with Crippen LogP contribution >= 0.6 is 0 Å². The summed E-state index contributed by atoms with van der Waals surface area (Å²) in [4.78, 5) is 16.3. The maximum Gasteiger partial charge on any atom is 0.268 e. The molecule has 2 aromatic rings. The Labute approximate surface area is 112 Å². The van der Waals surface area contributed by atoms with Crippen LogP contribution in [0.3, 0.4) is 0 Å². The summed E-state index contributed by atoms with van der Waals surface area (Å²) in [7, 11) is 0. The Morgan fingerprint density at radius 2 is 2.32 bits per heavy atom. The van der Waals surface area contributed by atoms with Gasteiger partial charge in [-0.05, 0) is 49.6 Å². The maximum atomic E-state index is 12.2. The molecule has 2 aromatic heterocycles. The summed E-state index contributed by atoms with van der Waals surface area (Å²) in [5, 5.41) is 2.96. The molecule has 0 atom stereocenters. The van der Waals surface area contributed by atoms with Gasteiger partial charge in [0.05, 0.1) is 0 Å². The third-order valence-electron chi connectivity index (χ3n) is 3.37. The largest absolute Gasteiger partial charge is 0.347 e. The Balaban J connectivity index is 1.66. The quantitative estimate of drug-likeness (QED) is 0.912. The highest BCUT2D eigenvalue weighted by atomic mass is 16.1. The number of nitrogens with one attached hydrogen (secondary N) is 1. The minimum Gasteiger partial charge on any atom is -0.347 e. The molecule has 0 saturated heterocycles. The SMILES string of the molecule is Cc1cc(CNC(=O)c2cccn2C2CC2)ccn1. The van der Waals surface area contributed by atoms with E-state index >= 15 is 0 Å². The van der Waals surface area contributed by atoms with E-state index in [4.69, 9.17) is 0 Å². The first-order valence-corrected chi connectivity index (χ1v) is 6.60. The smallest absolute Gasteiger partial charge is 0.268 e. The molecule has 1 fully saturated rings. The fourth-order valence-electron chi connectivity index (χ4n) is 2.24. The molecule has 1 amide bonds. The highest BCUT2D eigenvalue weighted by molar-refractivity contribution is 5.92. The first kappa shape index (κ1) is 12.0. The van der Waals surface area contributed by atoms with Crippen molar-refractivity contribution in [1.82, 2.24) is 14.9 Å². The fourth-order valence-corrected chi connectivity index (χ4v) is 2.24. The predicted octanol–water partition coefficient (Wildman–Crippen LogP) is 2.46. The molecule has 0 spiro atoms. The topological polar surface area (TPSA) is 46.9 Å². The molecular weight excluding hydrogens is 238 g/mol. The van der Waals surface area contributed by atoms with Crippen molar-refractivity contribution in [3.8, 4) is 0 Å². The van der Waals surface area contributed by atoms with Crippen LogP contribution in [0, 0.1) is 6.92 Å². The zero-order chi connectivity index (χ0) is 13.2. The van der Waals surface area contributed by atoms with Crippen molar-refractivity contribution in [2.24, 2.45) is 0 Å². The number of hydrogen-bond donors (Lipinski definition) is 1. The van der Waals surface area contributed by atoms with Crippen LogP contribution in [-0.2, 0) is 6.54 Å². The molecule has 4 nitrogen and oxygen atoms in total. The third kappa shape index (κ3) is 2.67.